The number of hydrogen-bond donors (Lipinski definition) is 1. The zero-order valence-corrected chi connectivity index (χ0v) is 16.8. The van der Waals surface area contributed by atoms with E-state index in [0.717, 1.165) is 12.3 Å². The smallest absolute Gasteiger partial charge is 0.183 e. The molecule has 0 saturated carbocycles. The van der Waals surface area contributed by atoms with Crippen LogP contribution in [-0.2, 0) is 4.74 Å². The fourth-order valence-corrected chi connectivity index (χ4v) is 3.53. The Morgan fingerprint density at radius 1 is 0.760 bits per heavy atom. The summed E-state index contributed by atoms with van der Waals surface area (Å²) in [5, 5.41) is 9.01. The molecule has 0 fully saturated rings. The third-order valence-corrected chi connectivity index (χ3v) is 5.22. The number of aliphatic hydroxyl groups is 1. The molecule has 1 N–H and O–H groups in total. The van der Waals surface area contributed by atoms with E-state index in [9.17, 15) is 0 Å². The van der Waals surface area contributed by atoms with Gasteiger partial charge in [0.25, 0.3) is 0 Å². The molecule has 0 aliphatic carbocycles. The molecule has 1 rings (SSSR count). The number of nitrogens with zero attached hydrogens (tertiary/aromatic N) is 1. The fourth-order valence-electron chi connectivity index (χ4n) is 3.53. The SMILES string of the molecule is CCCCCCCCCCCCCCCCCCC1=NC(CO)CO1. The maximum absolute atomic E-state index is 9.01. The van der Waals surface area contributed by atoms with Gasteiger partial charge in [0, 0.05) is 6.42 Å². The minimum atomic E-state index is -0.00365. The molecule has 148 valence electrons. The van der Waals surface area contributed by atoms with Gasteiger partial charge in [0.2, 0.25) is 0 Å². The van der Waals surface area contributed by atoms with Crippen LogP contribution in [0.25, 0.3) is 0 Å². The van der Waals surface area contributed by atoms with Crippen LogP contribution in [0.15, 0.2) is 4.99 Å². The number of hydrogen-bond acceptors (Lipinski definition) is 3. The van der Waals surface area contributed by atoms with Gasteiger partial charge in [0.15, 0.2) is 5.90 Å². The Kier molecular flexibility index (Phi) is 15.2. The Morgan fingerprint density at radius 3 is 1.60 bits per heavy atom. The molecule has 1 aliphatic heterocycles. The summed E-state index contributed by atoms with van der Waals surface area (Å²) in [5.74, 6) is 0.865. The van der Waals surface area contributed by atoms with E-state index in [2.05, 4.69) is 11.9 Å². The molecule has 3 nitrogen and oxygen atoms in total. The lowest BCUT2D eigenvalue weighted by atomic mass is 10.0. The van der Waals surface area contributed by atoms with E-state index in [1.54, 1.807) is 0 Å². The molecular weight excluding hydrogens is 310 g/mol. The third-order valence-electron chi connectivity index (χ3n) is 5.22. The van der Waals surface area contributed by atoms with Crippen LogP contribution in [0, 0.1) is 0 Å². The third kappa shape index (κ3) is 13.3. The van der Waals surface area contributed by atoms with Crippen molar-refractivity contribution < 1.29 is 9.84 Å². The first-order chi connectivity index (χ1) is 12.4. The summed E-state index contributed by atoms with van der Waals surface area (Å²) in [6.07, 6.45) is 23.3. The van der Waals surface area contributed by atoms with E-state index in [4.69, 9.17) is 9.84 Å². The number of rotatable bonds is 18. The van der Waals surface area contributed by atoms with Gasteiger partial charge >= 0.3 is 0 Å². The predicted molar refractivity (Wildman–Crippen MR) is 108 cm³/mol. The van der Waals surface area contributed by atoms with Gasteiger partial charge in [0.05, 0.1) is 6.61 Å². The molecule has 1 unspecified atom stereocenters. The highest BCUT2D eigenvalue weighted by molar-refractivity contribution is 5.77. The van der Waals surface area contributed by atoms with Gasteiger partial charge in [-0.3, -0.25) is 0 Å². The Morgan fingerprint density at radius 2 is 1.20 bits per heavy atom. The highest BCUT2D eigenvalue weighted by Crippen LogP contribution is 2.15. The van der Waals surface area contributed by atoms with Crippen molar-refractivity contribution in [2.45, 2.75) is 122 Å². The average Bonchev–Trinajstić information content (AvgIpc) is 3.09. The standard InChI is InChI=1S/C22H43NO2/c1-2-3-4-5-6-7-8-9-10-11-12-13-14-15-16-17-18-22-23-21(19-24)20-25-22/h21,24H,2-20H2,1H3. The van der Waals surface area contributed by atoms with Crippen LogP contribution in [0.1, 0.15) is 116 Å². The molecule has 1 atom stereocenters. The van der Waals surface area contributed by atoms with E-state index in [1.807, 2.05) is 0 Å². The summed E-state index contributed by atoms with van der Waals surface area (Å²) in [6, 6.07) is -0.00365. The molecule has 0 aromatic rings. The summed E-state index contributed by atoms with van der Waals surface area (Å²) >= 11 is 0. The molecule has 0 radical (unpaired) electrons. The molecule has 0 amide bonds. The Labute approximate surface area is 156 Å². The fraction of sp³-hybridized carbons (Fsp3) is 0.955. The number of aliphatic hydroxyl groups excluding tert-OH is 1. The van der Waals surface area contributed by atoms with Crippen molar-refractivity contribution in [2.75, 3.05) is 13.2 Å². The van der Waals surface area contributed by atoms with Crippen molar-refractivity contribution in [3.63, 3.8) is 0 Å². The summed E-state index contributed by atoms with van der Waals surface area (Å²) in [6.45, 7) is 2.97. The van der Waals surface area contributed by atoms with Gasteiger partial charge in [-0.1, -0.05) is 103 Å². The second-order valence-electron chi connectivity index (χ2n) is 7.72. The van der Waals surface area contributed by atoms with Crippen LogP contribution in [0.4, 0.5) is 0 Å². The zero-order chi connectivity index (χ0) is 18.0. The molecule has 0 saturated heterocycles. The molecule has 25 heavy (non-hydrogen) atoms. The van der Waals surface area contributed by atoms with Crippen molar-refractivity contribution in [1.82, 2.24) is 0 Å². The summed E-state index contributed by atoms with van der Waals surface area (Å²) in [4.78, 5) is 4.36. The normalized spacial score (nSPS) is 16.9. The Hall–Kier alpha value is -0.570. The molecule has 3 heteroatoms. The lowest BCUT2D eigenvalue weighted by molar-refractivity contribution is 0.226. The maximum Gasteiger partial charge on any atom is 0.183 e. The van der Waals surface area contributed by atoms with Crippen molar-refractivity contribution in [3.05, 3.63) is 0 Å². The van der Waals surface area contributed by atoms with Gasteiger partial charge in [-0.15, -0.1) is 0 Å². The highest BCUT2D eigenvalue weighted by Gasteiger charge is 2.16. The minimum Gasteiger partial charge on any atom is -0.479 e. The topological polar surface area (TPSA) is 41.8 Å². The van der Waals surface area contributed by atoms with Gasteiger partial charge in [-0.25, -0.2) is 4.99 Å². The molecule has 1 heterocycles. The molecule has 0 aromatic heterocycles. The Balaban J connectivity index is 1.71. The molecular formula is C22H43NO2. The second kappa shape index (κ2) is 16.9. The molecule has 0 spiro atoms. The van der Waals surface area contributed by atoms with Crippen LogP contribution < -0.4 is 0 Å². The second-order valence-corrected chi connectivity index (χ2v) is 7.72. The lowest BCUT2D eigenvalue weighted by Gasteiger charge is -2.04. The number of unbranched alkanes of at least 4 members (excludes halogenated alkanes) is 15. The summed E-state index contributed by atoms with van der Waals surface area (Å²) in [5.41, 5.74) is 0. The quantitative estimate of drug-likeness (QED) is 0.289. The van der Waals surface area contributed by atoms with Crippen molar-refractivity contribution in [3.8, 4) is 0 Å². The van der Waals surface area contributed by atoms with Crippen LogP contribution in [-0.4, -0.2) is 30.3 Å². The predicted octanol–water partition coefficient (Wildman–Crippen LogP) is 6.43. The van der Waals surface area contributed by atoms with Crippen LogP contribution in [0.3, 0.4) is 0 Å². The average molecular weight is 354 g/mol. The van der Waals surface area contributed by atoms with Crippen molar-refractivity contribution in [1.29, 1.82) is 0 Å². The first kappa shape index (κ1) is 22.5. The van der Waals surface area contributed by atoms with Gasteiger partial charge in [-0.05, 0) is 6.42 Å². The summed E-state index contributed by atoms with van der Waals surface area (Å²) in [7, 11) is 0. The number of aliphatic imine (C=N–C) groups is 1. The first-order valence-electron chi connectivity index (χ1n) is 11.2. The summed E-state index contributed by atoms with van der Waals surface area (Å²) < 4.78 is 5.47. The monoisotopic (exact) mass is 353 g/mol. The largest absolute Gasteiger partial charge is 0.479 e. The maximum atomic E-state index is 9.01. The van der Waals surface area contributed by atoms with Crippen LogP contribution >= 0.6 is 0 Å². The molecule has 0 bridgehead atoms. The lowest BCUT2D eigenvalue weighted by Crippen LogP contribution is -2.10. The molecule has 1 aliphatic rings. The van der Waals surface area contributed by atoms with Gasteiger partial charge < -0.3 is 9.84 Å². The van der Waals surface area contributed by atoms with E-state index < -0.39 is 0 Å². The Bertz CT molecular complexity index is 317. The minimum absolute atomic E-state index is 0.00365. The van der Waals surface area contributed by atoms with Crippen LogP contribution in [0.5, 0.6) is 0 Å². The van der Waals surface area contributed by atoms with E-state index in [1.165, 1.54) is 103 Å². The van der Waals surface area contributed by atoms with Crippen molar-refractivity contribution in [2.24, 2.45) is 4.99 Å². The van der Waals surface area contributed by atoms with Crippen LogP contribution in [0.2, 0.25) is 0 Å². The van der Waals surface area contributed by atoms with E-state index in [-0.39, 0.29) is 12.6 Å². The zero-order valence-electron chi connectivity index (χ0n) is 16.8. The number of ether oxygens (including phenoxy) is 1. The van der Waals surface area contributed by atoms with Crippen molar-refractivity contribution >= 4 is 5.90 Å². The van der Waals surface area contributed by atoms with E-state index >= 15 is 0 Å². The van der Waals surface area contributed by atoms with E-state index in [0.29, 0.717) is 6.61 Å². The first-order valence-corrected chi connectivity index (χ1v) is 11.2. The van der Waals surface area contributed by atoms with Gasteiger partial charge in [-0.2, -0.15) is 0 Å². The molecule has 0 aromatic carbocycles. The highest BCUT2D eigenvalue weighted by atomic mass is 16.5. The van der Waals surface area contributed by atoms with Gasteiger partial charge in [0.1, 0.15) is 12.6 Å².